The van der Waals surface area contributed by atoms with Gasteiger partial charge in [0.2, 0.25) is 10.0 Å². The minimum atomic E-state index is -3.49. The smallest absolute Gasteiger partial charge is 0.242 e. The summed E-state index contributed by atoms with van der Waals surface area (Å²) in [5.41, 5.74) is 0.582. The van der Waals surface area contributed by atoms with E-state index in [1.807, 2.05) is 7.05 Å². The van der Waals surface area contributed by atoms with Gasteiger partial charge in [0.1, 0.15) is 0 Å². The topological polar surface area (TPSA) is 74.6 Å². The van der Waals surface area contributed by atoms with E-state index in [1.165, 1.54) is 12.3 Å². The van der Waals surface area contributed by atoms with Crippen molar-refractivity contribution in [3.8, 4) is 0 Å². The molecule has 0 aliphatic carbocycles. The predicted molar refractivity (Wildman–Crippen MR) is 72.2 cm³/mol. The van der Waals surface area contributed by atoms with Crippen LogP contribution in [-0.4, -0.2) is 49.2 Å². The van der Waals surface area contributed by atoms with Crippen LogP contribution in [0.1, 0.15) is 18.5 Å². The summed E-state index contributed by atoms with van der Waals surface area (Å²) in [6.45, 7) is 1.28. The summed E-state index contributed by atoms with van der Waals surface area (Å²) in [6.07, 6.45) is 3.66. The number of aliphatic hydroxyl groups is 1. The average molecular weight is 287 g/mol. The zero-order chi connectivity index (χ0) is 14.0. The van der Waals surface area contributed by atoms with Crippen LogP contribution in [0.4, 0.5) is 0 Å². The maximum atomic E-state index is 12.2. The summed E-state index contributed by atoms with van der Waals surface area (Å²) in [6, 6.07) is 1.77. The number of rotatable bonds is 5. The quantitative estimate of drug-likeness (QED) is 0.792. The number of nitrogens with one attached hydrogen (secondary N) is 1. The van der Waals surface area contributed by atoms with Gasteiger partial charge in [-0.05, 0) is 32.5 Å². The number of hydrogen-bond donors (Lipinski definition) is 2. The summed E-state index contributed by atoms with van der Waals surface area (Å²) < 4.78 is 28.6. The lowest BCUT2D eigenvalue weighted by molar-refractivity contribution is 0.272. The van der Waals surface area contributed by atoms with E-state index < -0.39 is 10.0 Å². The third kappa shape index (κ3) is 3.17. The third-order valence-corrected chi connectivity index (χ3v) is 5.13. The molecule has 1 aliphatic heterocycles. The van der Waals surface area contributed by atoms with Gasteiger partial charge in [-0.25, -0.2) is 13.1 Å². The molecule has 108 valence electrons. The Labute approximate surface area is 114 Å². The minimum Gasteiger partial charge on any atom is -0.390 e. The van der Waals surface area contributed by atoms with Gasteiger partial charge in [0, 0.05) is 31.5 Å². The highest BCUT2D eigenvalue weighted by atomic mass is 32.2. The molecule has 1 aromatic heterocycles. The first kappa shape index (κ1) is 14.5. The van der Waals surface area contributed by atoms with E-state index in [4.69, 9.17) is 5.11 Å². The predicted octanol–water partition coefficient (Wildman–Crippen LogP) is -0.110. The van der Waals surface area contributed by atoms with E-state index in [1.54, 1.807) is 11.6 Å². The second kappa shape index (κ2) is 5.62. The van der Waals surface area contributed by atoms with Gasteiger partial charge in [0.15, 0.2) is 0 Å². The van der Waals surface area contributed by atoms with E-state index in [0.717, 1.165) is 19.4 Å². The van der Waals surface area contributed by atoms with Crippen LogP contribution < -0.4 is 4.72 Å². The molecular formula is C12H21N3O3S. The Morgan fingerprint density at radius 1 is 1.47 bits per heavy atom. The van der Waals surface area contributed by atoms with E-state index in [-0.39, 0.29) is 17.5 Å². The Morgan fingerprint density at radius 2 is 2.21 bits per heavy atom. The summed E-state index contributed by atoms with van der Waals surface area (Å²) >= 11 is 0. The molecule has 1 aromatic rings. The van der Waals surface area contributed by atoms with Crippen molar-refractivity contribution in [1.29, 1.82) is 0 Å². The highest BCUT2D eigenvalue weighted by Crippen LogP contribution is 2.16. The number of aromatic nitrogens is 1. The second-order valence-corrected chi connectivity index (χ2v) is 6.83. The molecule has 0 saturated carbocycles. The summed E-state index contributed by atoms with van der Waals surface area (Å²) in [7, 11) is 0.238. The highest BCUT2D eigenvalue weighted by Gasteiger charge is 2.24. The zero-order valence-electron chi connectivity index (χ0n) is 11.3. The van der Waals surface area contributed by atoms with Crippen molar-refractivity contribution < 1.29 is 13.5 Å². The van der Waals surface area contributed by atoms with Crippen molar-refractivity contribution in [2.75, 3.05) is 20.1 Å². The lowest BCUT2D eigenvalue weighted by Gasteiger charge is -2.19. The standard InChI is InChI=1S/C12H21N3O3S/c1-14-5-3-4-10(14)7-13-19(17,18)12-6-11(9-16)15(2)8-12/h6,8,10,13,16H,3-5,7,9H2,1-2H3. The van der Waals surface area contributed by atoms with Crippen molar-refractivity contribution >= 4 is 10.0 Å². The number of likely N-dealkylation sites (tertiary alicyclic amines) is 1. The first-order valence-electron chi connectivity index (χ1n) is 6.40. The lowest BCUT2D eigenvalue weighted by atomic mass is 10.2. The van der Waals surface area contributed by atoms with Crippen LogP contribution in [0, 0.1) is 0 Å². The van der Waals surface area contributed by atoms with Crippen LogP contribution in [0.3, 0.4) is 0 Å². The van der Waals surface area contributed by atoms with Crippen LogP contribution >= 0.6 is 0 Å². The van der Waals surface area contributed by atoms with Crippen LogP contribution in [0.2, 0.25) is 0 Å². The molecule has 1 atom stereocenters. The molecule has 2 rings (SSSR count). The molecule has 0 spiro atoms. The maximum Gasteiger partial charge on any atom is 0.242 e. The molecule has 1 unspecified atom stereocenters. The summed E-state index contributed by atoms with van der Waals surface area (Å²) in [5.74, 6) is 0. The first-order valence-corrected chi connectivity index (χ1v) is 7.88. The fraction of sp³-hybridized carbons (Fsp3) is 0.667. The fourth-order valence-electron chi connectivity index (χ4n) is 2.41. The summed E-state index contributed by atoms with van der Waals surface area (Å²) in [4.78, 5) is 2.38. The first-order chi connectivity index (χ1) is 8.94. The number of aliphatic hydroxyl groups excluding tert-OH is 1. The Kier molecular flexibility index (Phi) is 4.29. The molecular weight excluding hydrogens is 266 g/mol. The van der Waals surface area contributed by atoms with Crippen LogP contribution in [0.15, 0.2) is 17.2 Å². The van der Waals surface area contributed by atoms with Gasteiger partial charge in [-0.1, -0.05) is 0 Å². The molecule has 7 heteroatoms. The van der Waals surface area contributed by atoms with Gasteiger partial charge in [0.25, 0.3) is 0 Å². The molecule has 0 radical (unpaired) electrons. The number of sulfonamides is 1. The number of aryl methyl sites for hydroxylation is 1. The Bertz CT molecular complexity index is 538. The van der Waals surface area contributed by atoms with Crippen LogP contribution in [-0.2, 0) is 23.7 Å². The molecule has 0 bridgehead atoms. The molecule has 2 heterocycles. The van der Waals surface area contributed by atoms with Crippen molar-refractivity contribution in [3.05, 3.63) is 18.0 Å². The molecule has 6 nitrogen and oxygen atoms in total. The minimum absolute atomic E-state index is 0.169. The molecule has 1 aliphatic rings. The third-order valence-electron chi connectivity index (χ3n) is 3.74. The SMILES string of the molecule is CN1CCCC1CNS(=O)(=O)c1cc(CO)n(C)c1. The lowest BCUT2D eigenvalue weighted by Crippen LogP contribution is -2.38. The van der Waals surface area contributed by atoms with Gasteiger partial charge < -0.3 is 14.6 Å². The zero-order valence-corrected chi connectivity index (χ0v) is 12.2. The fourth-order valence-corrected chi connectivity index (χ4v) is 3.57. The maximum absolute atomic E-state index is 12.2. The number of likely N-dealkylation sites (N-methyl/N-ethyl adjacent to an activating group) is 1. The van der Waals surface area contributed by atoms with Crippen molar-refractivity contribution in [3.63, 3.8) is 0 Å². The van der Waals surface area contributed by atoms with Crippen LogP contribution in [0.5, 0.6) is 0 Å². The van der Waals surface area contributed by atoms with Crippen molar-refractivity contribution in [1.82, 2.24) is 14.2 Å². The normalized spacial score (nSPS) is 21.1. The molecule has 0 amide bonds. The van der Waals surface area contributed by atoms with E-state index in [2.05, 4.69) is 9.62 Å². The van der Waals surface area contributed by atoms with Gasteiger partial charge >= 0.3 is 0 Å². The van der Waals surface area contributed by atoms with E-state index in [0.29, 0.717) is 12.2 Å². The summed E-state index contributed by atoms with van der Waals surface area (Å²) in [5, 5.41) is 9.09. The van der Waals surface area contributed by atoms with Crippen LogP contribution in [0.25, 0.3) is 0 Å². The van der Waals surface area contributed by atoms with Crippen molar-refractivity contribution in [2.24, 2.45) is 7.05 Å². The monoisotopic (exact) mass is 287 g/mol. The van der Waals surface area contributed by atoms with Gasteiger partial charge in [-0.3, -0.25) is 0 Å². The van der Waals surface area contributed by atoms with E-state index in [9.17, 15) is 8.42 Å². The van der Waals surface area contributed by atoms with E-state index >= 15 is 0 Å². The second-order valence-electron chi connectivity index (χ2n) is 5.06. The molecule has 1 saturated heterocycles. The Hall–Kier alpha value is -0.890. The van der Waals surface area contributed by atoms with Crippen molar-refractivity contribution in [2.45, 2.75) is 30.4 Å². The number of nitrogens with zero attached hydrogens (tertiary/aromatic N) is 2. The van der Waals surface area contributed by atoms with Gasteiger partial charge in [-0.2, -0.15) is 0 Å². The molecule has 1 fully saturated rings. The Balaban J connectivity index is 2.05. The number of hydrogen-bond acceptors (Lipinski definition) is 4. The van der Waals surface area contributed by atoms with Gasteiger partial charge in [-0.15, -0.1) is 0 Å². The largest absolute Gasteiger partial charge is 0.390 e. The molecule has 0 aromatic carbocycles. The molecule has 19 heavy (non-hydrogen) atoms. The average Bonchev–Trinajstić information content (AvgIpc) is 2.93. The van der Waals surface area contributed by atoms with Gasteiger partial charge in [0.05, 0.1) is 11.5 Å². The highest BCUT2D eigenvalue weighted by molar-refractivity contribution is 7.89. The molecule has 2 N–H and O–H groups in total. The Morgan fingerprint density at radius 3 is 2.74 bits per heavy atom.